The highest BCUT2D eigenvalue weighted by Crippen LogP contribution is 2.57. The Kier molecular flexibility index (Phi) is 3.20. The summed E-state index contributed by atoms with van der Waals surface area (Å²) in [7, 11) is 0. The SMILES string of the molecule is CCOC(=O)C1C(=O)NC2(C)Oc3ccccc3C1C2(C)C. The zero-order valence-corrected chi connectivity index (χ0v) is 13.3. The average molecular weight is 303 g/mol. The van der Waals surface area contributed by atoms with Crippen LogP contribution in [0.25, 0.3) is 0 Å². The molecule has 1 fully saturated rings. The normalized spacial score (nSPS) is 31.5. The Hall–Kier alpha value is -2.04. The van der Waals surface area contributed by atoms with Gasteiger partial charge in [0.05, 0.1) is 6.61 Å². The van der Waals surface area contributed by atoms with Gasteiger partial charge in [-0.1, -0.05) is 32.0 Å². The second-order valence-corrected chi connectivity index (χ2v) is 6.59. The van der Waals surface area contributed by atoms with Crippen molar-refractivity contribution in [1.29, 1.82) is 0 Å². The summed E-state index contributed by atoms with van der Waals surface area (Å²) in [6.45, 7) is 7.88. The number of ether oxygens (including phenoxy) is 2. The fourth-order valence-corrected chi connectivity index (χ4v) is 3.59. The highest BCUT2D eigenvalue weighted by atomic mass is 16.5. The highest BCUT2D eigenvalue weighted by Gasteiger charge is 2.63. The third kappa shape index (κ3) is 1.84. The number of nitrogens with one attached hydrogen (secondary N) is 1. The first-order chi connectivity index (χ1) is 10.3. The smallest absolute Gasteiger partial charge is 0.319 e. The van der Waals surface area contributed by atoms with E-state index >= 15 is 0 Å². The molecule has 22 heavy (non-hydrogen) atoms. The van der Waals surface area contributed by atoms with Gasteiger partial charge in [-0.05, 0) is 25.5 Å². The fourth-order valence-electron chi connectivity index (χ4n) is 3.59. The van der Waals surface area contributed by atoms with Crippen LogP contribution >= 0.6 is 0 Å². The molecule has 2 aliphatic heterocycles. The maximum Gasteiger partial charge on any atom is 0.319 e. The van der Waals surface area contributed by atoms with E-state index in [1.807, 2.05) is 45.0 Å². The van der Waals surface area contributed by atoms with Crippen LogP contribution in [0.15, 0.2) is 24.3 Å². The predicted molar refractivity (Wildman–Crippen MR) is 80.3 cm³/mol. The Balaban J connectivity index is 2.18. The molecule has 1 amide bonds. The maximum absolute atomic E-state index is 12.5. The van der Waals surface area contributed by atoms with E-state index in [1.165, 1.54) is 0 Å². The van der Waals surface area contributed by atoms with Gasteiger partial charge >= 0.3 is 5.97 Å². The molecule has 3 rings (SSSR count). The molecule has 3 atom stereocenters. The zero-order valence-electron chi connectivity index (χ0n) is 13.3. The Morgan fingerprint density at radius 3 is 2.68 bits per heavy atom. The summed E-state index contributed by atoms with van der Waals surface area (Å²) in [5.41, 5.74) is -0.420. The number of rotatable bonds is 2. The second kappa shape index (κ2) is 4.73. The van der Waals surface area contributed by atoms with Crippen LogP contribution < -0.4 is 10.1 Å². The fraction of sp³-hybridized carbons (Fsp3) is 0.529. The van der Waals surface area contributed by atoms with Crippen molar-refractivity contribution in [2.45, 2.75) is 39.3 Å². The molecule has 0 saturated carbocycles. The number of esters is 1. The average Bonchev–Trinajstić information content (AvgIpc) is 2.42. The summed E-state index contributed by atoms with van der Waals surface area (Å²) in [4.78, 5) is 24.9. The highest BCUT2D eigenvalue weighted by molar-refractivity contribution is 6.00. The summed E-state index contributed by atoms with van der Waals surface area (Å²) < 4.78 is 11.2. The van der Waals surface area contributed by atoms with Gasteiger partial charge in [0.1, 0.15) is 11.7 Å². The van der Waals surface area contributed by atoms with Crippen LogP contribution in [0.2, 0.25) is 0 Å². The van der Waals surface area contributed by atoms with Gasteiger partial charge in [-0.2, -0.15) is 0 Å². The summed E-state index contributed by atoms with van der Waals surface area (Å²) in [6.07, 6.45) is 0. The molecule has 1 aromatic rings. The van der Waals surface area contributed by atoms with E-state index in [1.54, 1.807) is 6.92 Å². The Labute approximate surface area is 130 Å². The lowest BCUT2D eigenvalue weighted by Crippen LogP contribution is -2.71. The van der Waals surface area contributed by atoms with Crippen molar-refractivity contribution in [3.8, 4) is 5.75 Å². The van der Waals surface area contributed by atoms with Crippen molar-refractivity contribution < 1.29 is 19.1 Å². The maximum atomic E-state index is 12.5. The molecule has 1 saturated heterocycles. The quantitative estimate of drug-likeness (QED) is 0.672. The molecule has 0 spiro atoms. The molecule has 1 aromatic carbocycles. The third-order valence-corrected chi connectivity index (χ3v) is 5.09. The van der Waals surface area contributed by atoms with Crippen molar-refractivity contribution in [1.82, 2.24) is 5.32 Å². The van der Waals surface area contributed by atoms with E-state index < -0.39 is 23.0 Å². The van der Waals surface area contributed by atoms with Gasteiger partial charge in [0.2, 0.25) is 5.91 Å². The lowest BCUT2D eigenvalue weighted by atomic mass is 9.59. The van der Waals surface area contributed by atoms with Crippen LogP contribution in [0, 0.1) is 11.3 Å². The van der Waals surface area contributed by atoms with Gasteiger partial charge < -0.3 is 14.8 Å². The van der Waals surface area contributed by atoms with Crippen molar-refractivity contribution in [2.75, 3.05) is 6.61 Å². The van der Waals surface area contributed by atoms with E-state index in [4.69, 9.17) is 9.47 Å². The first-order valence-electron chi connectivity index (χ1n) is 7.58. The van der Waals surface area contributed by atoms with Crippen molar-refractivity contribution in [3.63, 3.8) is 0 Å². The van der Waals surface area contributed by atoms with Crippen molar-refractivity contribution in [3.05, 3.63) is 29.8 Å². The third-order valence-electron chi connectivity index (χ3n) is 5.09. The number of para-hydroxylation sites is 1. The largest absolute Gasteiger partial charge is 0.468 e. The molecular weight excluding hydrogens is 282 g/mol. The Morgan fingerprint density at radius 1 is 1.32 bits per heavy atom. The number of carbonyl (C=O) groups is 2. The van der Waals surface area contributed by atoms with E-state index in [-0.39, 0.29) is 18.4 Å². The van der Waals surface area contributed by atoms with Crippen LogP contribution in [-0.2, 0) is 14.3 Å². The van der Waals surface area contributed by atoms with E-state index in [0.717, 1.165) is 5.56 Å². The summed E-state index contributed by atoms with van der Waals surface area (Å²) in [5.74, 6) is -1.23. The van der Waals surface area contributed by atoms with Crippen LogP contribution in [-0.4, -0.2) is 24.2 Å². The van der Waals surface area contributed by atoms with Crippen molar-refractivity contribution in [2.24, 2.45) is 11.3 Å². The zero-order chi connectivity index (χ0) is 16.1. The number of hydrogen-bond donors (Lipinski definition) is 1. The first kappa shape index (κ1) is 14.9. The lowest BCUT2D eigenvalue weighted by molar-refractivity contribution is -0.176. The number of carbonyl (C=O) groups excluding carboxylic acids is 2. The summed E-state index contributed by atoms with van der Waals surface area (Å²) in [6, 6.07) is 7.58. The summed E-state index contributed by atoms with van der Waals surface area (Å²) >= 11 is 0. The van der Waals surface area contributed by atoms with Crippen LogP contribution in [0.5, 0.6) is 5.75 Å². The van der Waals surface area contributed by atoms with Gasteiger partial charge in [-0.25, -0.2) is 0 Å². The molecule has 2 heterocycles. The molecule has 0 radical (unpaired) electrons. The molecule has 0 aliphatic carbocycles. The molecule has 1 N–H and O–H groups in total. The van der Waals surface area contributed by atoms with Gasteiger partial charge in [-0.3, -0.25) is 9.59 Å². The number of piperidine rings is 1. The van der Waals surface area contributed by atoms with Crippen LogP contribution in [0.3, 0.4) is 0 Å². The Bertz CT molecular complexity index is 639. The van der Waals surface area contributed by atoms with Crippen LogP contribution in [0.1, 0.15) is 39.2 Å². The molecule has 5 nitrogen and oxygen atoms in total. The number of amides is 1. The van der Waals surface area contributed by atoms with Gasteiger partial charge in [-0.15, -0.1) is 0 Å². The van der Waals surface area contributed by atoms with Gasteiger partial charge in [0.25, 0.3) is 0 Å². The van der Waals surface area contributed by atoms with E-state index in [2.05, 4.69) is 5.32 Å². The number of hydrogen-bond acceptors (Lipinski definition) is 4. The minimum absolute atomic E-state index is 0.255. The second-order valence-electron chi connectivity index (χ2n) is 6.59. The standard InChI is InChI=1S/C17H21NO4/c1-5-21-15(20)12-13-10-8-6-7-9-11(10)22-17(4,16(13,2)3)18-14(12)19/h6-9,12-13H,5H2,1-4H3,(H,18,19). The predicted octanol–water partition coefficient (Wildman–Crippen LogP) is 2.21. The van der Waals surface area contributed by atoms with Gasteiger partial charge in [0, 0.05) is 11.3 Å². The van der Waals surface area contributed by atoms with E-state index in [0.29, 0.717) is 5.75 Å². The van der Waals surface area contributed by atoms with Gasteiger partial charge in [0.15, 0.2) is 5.72 Å². The van der Waals surface area contributed by atoms with Crippen LogP contribution in [0.4, 0.5) is 0 Å². The molecule has 0 aromatic heterocycles. The lowest BCUT2D eigenvalue weighted by Gasteiger charge is -2.57. The molecule has 118 valence electrons. The molecule has 5 heteroatoms. The molecule has 3 unspecified atom stereocenters. The number of fused-ring (bicyclic) bond motifs is 4. The molecule has 2 bridgehead atoms. The molecular formula is C17H21NO4. The monoisotopic (exact) mass is 303 g/mol. The number of benzene rings is 1. The molecule has 2 aliphatic rings. The first-order valence-corrected chi connectivity index (χ1v) is 7.58. The Morgan fingerprint density at radius 2 is 2.00 bits per heavy atom. The van der Waals surface area contributed by atoms with Crippen molar-refractivity contribution >= 4 is 11.9 Å². The van der Waals surface area contributed by atoms with E-state index in [9.17, 15) is 9.59 Å². The minimum Gasteiger partial charge on any atom is -0.468 e. The summed E-state index contributed by atoms with van der Waals surface area (Å²) in [5, 5.41) is 2.88. The minimum atomic E-state index is -0.855. The topological polar surface area (TPSA) is 64.6 Å².